The molecule has 0 aliphatic carbocycles. The highest BCUT2D eigenvalue weighted by Gasteiger charge is 2.15. The SMILES string of the molecule is CC(Oc1ccc(Cl)cc1)C(=O)n1ccnc1. The molecule has 0 fully saturated rings. The average molecular weight is 251 g/mol. The van der Waals surface area contributed by atoms with Crippen LogP contribution in [0.3, 0.4) is 0 Å². The molecule has 4 nitrogen and oxygen atoms in total. The van der Waals surface area contributed by atoms with Gasteiger partial charge in [0.1, 0.15) is 12.1 Å². The molecule has 0 saturated heterocycles. The molecule has 0 amide bonds. The zero-order valence-corrected chi connectivity index (χ0v) is 9.96. The molecule has 0 radical (unpaired) electrons. The van der Waals surface area contributed by atoms with Gasteiger partial charge in [0.2, 0.25) is 0 Å². The van der Waals surface area contributed by atoms with E-state index in [0.29, 0.717) is 10.8 Å². The number of aromatic nitrogens is 2. The lowest BCUT2D eigenvalue weighted by atomic mass is 10.3. The molecule has 1 heterocycles. The quantitative estimate of drug-likeness (QED) is 0.841. The molecule has 1 aromatic heterocycles. The first-order valence-electron chi connectivity index (χ1n) is 5.11. The highest BCUT2D eigenvalue weighted by atomic mass is 35.5. The van der Waals surface area contributed by atoms with Crippen LogP contribution >= 0.6 is 11.6 Å². The van der Waals surface area contributed by atoms with Crippen LogP contribution in [0.15, 0.2) is 43.0 Å². The molecular weight excluding hydrogens is 240 g/mol. The standard InChI is InChI=1S/C12H11ClN2O2/c1-9(12(16)15-7-6-14-8-15)17-11-4-2-10(13)3-5-11/h2-9H,1H3. The Balaban J connectivity index is 2.04. The summed E-state index contributed by atoms with van der Waals surface area (Å²) < 4.78 is 6.89. The van der Waals surface area contributed by atoms with E-state index in [4.69, 9.17) is 16.3 Å². The molecule has 17 heavy (non-hydrogen) atoms. The lowest BCUT2D eigenvalue weighted by Gasteiger charge is -2.13. The Hall–Kier alpha value is -1.81. The number of carbonyl (C=O) groups is 1. The van der Waals surface area contributed by atoms with Gasteiger partial charge in [-0.1, -0.05) is 11.6 Å². The molecular formula is C12H11ClN2O2. The average Bonchev–Trinajstić information content (AvgIpc) is 2.84. The van der Waals surface area contributed by atoms with E-state index in [1.54, 1.807) is 43.6 Å². The minimum Gasteiger partial charge on any atom is -0.481 e. The van der Waals surface area contributed by atoms with Crippen molar-refractivity contribution in [2.45, 2.75) is 13.0 Å². The second-order valence-electron chi connectivity index (χ2n) is 3.52. The fourth-order valence-corrected chi connectivity index (χ4v) is 1.49. The van der Waals surface area contributed by atoms with Gasteiger partial charge in [-0.3, -0.25) is 9.36 Å². The largest absolute Gasteiger partial charge is 0.481 e. The minimum absolute atomic E-state index is 0.169. The molecule has 2 rings (SSSR count). The van der Waals surface area contributed by atoms with E-state index in [2.05, 4.69) is 4.98 Å². The van der Waals surface area contributed by atoms with Crippen molar-refractivity contribution in [3.8, 4) is 5.75 Å². The molecule has 88 valence electrons. The van der Waals surface area contributed by atoms with E-state index >= 15 is 0 Å². The molecule has 1 unspecified atom stereocenters. The highest BCUT2D eigenvalue weighted by Crippen LogP contribution is 2.17. The van der Waals surface area contributed by atoms with Gasteiger partial charge >= 0.3 is 0 Å². The maximum Gasteiger partial charge on any atom is 0.272 e. The third kappa shape index (κ3) is 2.85. The fourth-order valence-electron chi connectivity index (χ4n) is 1.37. The third-order valence-electron chi connectivity index (χ3n) is 2.23. The molecule has 5 heteroatoms. The normalized spacial score (nSPS) is 12.1. The van der Waals surface area contributed by atoms with Crippen LogP contribution in [0.2, 0.25) is 5.02 Å². The summed E-state index contributed by atoms with van der Waals surface area (Å²) in [5.74, 6) is 0.438. The molecule has 1 aromatic carbocycles. The van der Waals surface area contributed by atoms with Crippen molar-refractivity contribution in [1.29, 1.82) is 0 Å². The number of nitrogens with zero attached hydrogens (tertiary/aromatic N) is 2. The van der Waals surface area contributed by atoms with Crippen molar-refractivity contribution in [3.05, 3.63) is 48.0 Å². The predicted molar refractivity (Wildman–Crippen MR) is 64.4 cm³/mol. The topological polar surface area (TPSA) is 44.1 Å². The molecule has 0 aliphatic heterocycles. The number of rotatable bonds is 3. The summed E-state index contributed by atoms with van der Waals surface area (Å²) in [6, 6.07) is 6.87. The van der Waals surface area contributed by atoms with Crippen LogP contribution < -0.4 is 4.74 Å². The molecule has 0 saturated carbocycles. The van der Waals surface area contributed by atoms with Crippen LogP contribution in [-0.2, 0) is 0 Å². The monoisotopic (exact) mass is 250 g/mol. The van der Waals surface area contributed by atoms with Gasteiger partial charge in [0.25, 0.3) is 5.91 Å². The Morgan fingerprint density at radius 2 is 2.12 bits per heavy atom. The second kappa shape index (κ2) is 5.01. The van der Waals surface area contributed by atoms with Crippen LogP contribution in [0, 0.1) is 0 Å². The van der Waals surface area contributed by atoms with Gasteiger partial charge in [-0.2, -0.15) is 0 Å². The number of halogens is 1. The zero-order chi connectivity index (χ0) is 12.3. The van der Waals surface area contributed by atoms with Crippen molar-refractivity contribution < 1.29 is 9.53 Å². The van der Waals surface area contributed by atoms with E-state index in [1.165, 1.54) is 10.9 Å². The fraction of sp³-hybridized carbons (Fsp3) is 0.167. The van der Waals surface area contributed by atoms with Crippen molar-refractivity contribution >= 4 is 17.5 Å². The number of hydrogen-bond donors (Lipinski definition) is 0. The highest BCUT2D eigenvalue weighted by molar-refractivity contribution is 6.30. The zero-order valence-electron chi connectivity index (χ0n) is 9.21. The molecule has 2 aromatic rings. The maximum atomic E-state index is 11.8. The molecule has 0 bridgehead atoms. The van der Waals surface area contributed by atoms with Crippen molar-refractivity contribution in [3.63, 3.8) is 0 Å². The summed E-state index contributed by atoms with van der Waals surface area (Å²) in [6.07, 6.45) is 4.01. The lowest BCUT2D eigenvalue weighted by molar-refractivity contribution is 0.0727. The van der Waals surface area contributed by atoms with Crippen molar-refractivity contribution in [1.82, 2.24) is 9.55 Å². The van der Waals surface area contributed by atoms with E-state index in [-0.39, 0.29) is 5.91 Å². The van der Waals surface area contributed by atoms with Gasteiger partial charge < -0.3 is 4.74 Å². The first kappa shape index (κ1) is 11.7. The van der Waals surface area contributed by atoms with Gasteiger partial charge in [-0.05, 0) is 31.2 Å². The smallest absolute Gasteiger partial charge is 0.272 e. The van der Waals surface area contributed by atoms with E-state index < -0.39 is 6.10 Å². The number of benzene rings is 1. The van der Waals surface area contributed by atoms with Crippen LogP contribution in [0.25, 0.3) is 0 Å². The van der Waals surface area contributed by atoms with Gasteiger partial charge in [0.15, 0.2) is 6.10 Å². The van der Waals surface area contributed by atoms with Gasteiger partial charge in [0.05, 0.1) is 0 Å². The summed E-state index contributed by atoms with van der Waals surface area (Å²) >= 11 is 5.76. The summed E-state index contributed by atoms with van der Waals surface area (Å²) in [7, 11) is 0. The number of carbonyl (C=O) groups excluding carboxylic acids is 1. The number of imidazole rings is 1. The van der Waals surface area contributed by atoms with Gasteiger partial charge in [0, 0.05) is 17.4 Å². The Morgan fingerprint density at radius 1 is 1.41 bits per heavy atom. The lowest BCUT2D eigenvalue weighted by Crippen LogP contribution is -2.28. The van der Waals surface area contributed by atoms with E-state index in [1.807, 2.05) is 0 Å². The van der Waals surface area contributed by atoms with E-state index in [0.717, 1.165) is 0 Å². The molecule has 0 aliphatic rings. The first-order chi connectivity index (χ1) is 8.16. The second-order valence-corrected chi connectivity index (χ2v) is 3.96. The Labute approximate surface area is 104 Å². The maximum absolute atomic E-state index is 11.8. The first-order valence-corrected chi connectivity index (χ1v) is 5.49. The number of hydrogen-bond acceptors (Lipinski definition) is 3. The van der Waals surface area contributed by atoms with Crippen LogP contribution in [-0.4, -0.2) is 21.6 Å². The Morgan fingerprint density at radius 3 is 2.71 bits per heavy atom. The Kier molecular flexibility index (Phi) is 3.44. The summed E-state index contributed by atoms with van der Waals surface area (Å²) in [6.45, 7) is 1.69. The number of ether oxygens (including phenoxy) is 1. The molecule has 0 N–H and O–H groups in total. The summed E-state index contributed by atoms with van der Waals surface area (Å²) in [5, 5.41) is 0.630. The summed E-state index contributed by atoms with van der Waals surface area (Å²) in [4.78, 5) is 15.7. The van der Waals surface area contributed by atoms with Crippen molar-refractivity contribution in [2.24, 2.45) is 0 Å². The van der Waals surface area contributed by atoms with Gasteiger partial charge in [-0.15, -0.1) is 0 Å². The van der Waals surface area contributed by atoms with Gasteiger partial charge in [-0.25, -0.2) is 4.98 Å². The van der Waals surface area contributed by atoms with Crippen LogP contribution in [0.5, 0.6) is 5.75 Å². The minimum atomic E-state index is -0.578. The van der Waals surface area contributed by atoms with Crippen LogP contribution in [0.1, 0.15) is 11.7 Å². The van der Waals surface area contributed by atoms with E-state index in [9.17, 15) is 4.79 Å². The molecule has 0 spiro atoms. The summed E-state index contributed by atoms with van der Waals surface area (Å²) in [5.41, 5.74) is 0. The van der Waals surface area contributed by atoms with Crippen LogP contribution in [0.4, 0.5) is 0 Å². The van der Waals surface area contributed by atoms with Crippen molar-refractivity contribution in [2.75, 3.05) is 0 Å². The third-order valence-corrected chi connectivity index (χ3v) is 2.49. The molecule has 1 atom stereocenters. The Bertz CT molecular complexity index is 494. The predicted octanol–water partition coefficient (Wildman–Crippen LogP) is 2.64.